The van der Waals surface area contributed by atoms with Crippen molar-refractivity contribution in [2.24, 2.45) is 0 Å². The number of ether oxygens (including phenoxy) is 1. The minimum absolute atomic E-state index is 0.101. The summed E-state index contributed by atoms with van der Waals surface area (Å²) in [5.41, 5.74) is 2.20. The zero-order chi connectivity index (χ0) is 21.4. The number of nitrogens with zero attached hydrogens (tertiary/aromatic N) is 1. The van der Waals surface area contributed by atoms with Crippen molar-refractivity contribution in [3.05, 3.63) is 70.9 Å². The van der Waals surface area contributed by atoms with Crippen LogP contribution in [0.15, 0.2) is 42.6 Å². The van der Waals surface area contributed by atoms with Crippen molar-refractivity contribution in [2.75, 3.05) is 12.4 Å². The first-order valence-corrected chi connectivity index (χ1v) is 9.55. The van der Waals surface area contributed by atoms with Crippen molar-refractivity contribution in [3.8, 4) is 5.75 Å². The van der Waals surface area contributed by atoms with Gasteiger partial charge in [0.05, 0.1) is 7.11 Å². The highest BCUT2D eigenvalue weighted by Crippen LogP contribution is 2.34. The van der Waals surface area contributed by atoms with Crippen LogP contribution in [0, 0.1) is 11.6 Å². The van der Waals surface area contributed by atoms with Crippen molar-refractivity contribution in [1.82, 2.24) is 10.2 Å². The molecule has 1 unspecified atom stereocenters. The van der Waals surface area contributed by atoms with Crippen LogP contribution in [0.3, 0.4) is 0 Å². The Morgan fingerprint density at radius 1 is 1.27 bits per heavy atom. The number of fused-ring (bicyclic) bond motifs is 1. The normalized spacial score (nSPS) is 18.3. The number of carbonyl (C=O) groups excluding carboxylic acids is 2. The number of hydrogen-bond acceptors (Lipinski definition) is 4. The fourth-order valence-electron chi connectivity index (χ4n) is 3.85. The Bertz CT molecular complexity index is 1050. The van der Waals surface area contributed by atoms with Crippen LogP contribution in [0.5, 0.6) is 5.75 Å². The highest BCUT2D eigenvalue weighted by molar-refractivity contribution is 6.02. The number of rotatable bonds is 5. The van der Waals surface area contributed by atoms with Gasteiger partial charge in [-0.25, -0.2) is 8.78 Å². The van der Waals surface area contributed by atoms with Crippen LogP contribution in [-0.2, 0) is 17.9 Å². The highest BCUT2D eigenvalue weighted by Gasteiger charge is 2.39. The lowest BCUT2D eigenvalue weighted by Crippen LogP contribution is -2.49. The summed E-state index contributed by atoms with van der Waals surface area (Å²) in [6.45, 7) is 4.02. The molecule has 156 valence electrons. The lowest BCUT2D eigenvalue weighted by atomic mass is 10.0. The van der Waals surface area contributed by atoms with Crippen molar-refractivity contribution in [3.63, 3.8) is 0 Å². The van der Waals surface area contributed by atoms with Gasteiger partial charge in [-0.3, -0.25) is 9.59 Å². The second kappa shape index (κ2) is 7.78. The van der Waals surface area contributed by atoms with Crippen molar-refractivity contribution >= 4 is 17.5 Å². The predicted octanol–water partition coefficient (Wildman–Crippen LogP) is 3.33. The van der Waals surface area contributed by atoms with Gasteiger partial charge in [-0.15, -0.1) is 0 Å². The fraction of sp³-hybridized carbons (Fsp3) is 0.273. The summed E-state index contributed by atoms with van der Waals surface area (Å²) in [6.07, 6.45) is 1.04. The summed E-state index contributed by atoms with van der Waals surface area (Å²) >= 11 is 0. The average molecular weight is 413 g/mol. The summed E-state index contributed by atoms with van der Waals surface area (Å²) < 4.78 is 33.4. The number of halogens is 2. The lowest BCUT2D eigenvalue weighted by molar-refractivity contribution is -0.126. The Morgan fingerprint density at radius 3 is 2.77 bits per heavy atom. The average Bonchev–Trinajstić information content (AvgIpc) is 3.03. The van der Waals surface area contributed by atoms with Gasteiger partial charge < -0.3 is 20.3 Å². The number of piperidine rings is 1. The predicted molar refractivity (Wildman–Crippen MR) is 107 cm³/mol. The van der Waals surface area contributed by atoms with Crippen LogP contribution in [0.25, 0.3) is 0 Å². The molecule has 0 aromatic heterocycles. The van der Waals surface area contributed by atoms with Crippen molar-refractivity contribution < 1.29 is 23.1 Å². The Labute approximate surface area is 172 Å². The maximum absolute atomic E-state index is 14.2. The SMILES string of the molecule is C=C1CCC(N2Cc3c(NCc4ccc(OC)cc4F)cc(F)cc3C2=O)C(=O)N1. The Morgan fingerprint density at radius 2 is 2.07 bits per heavy atom. The van der Waals surface area contributed by atoms with Crippen LogP contribution >= 0.6 is 0 Å². The van der Waals surface area contributed by atoms with Gasteiger partial charge in [0.25, 0.3) is 5.91 Å². The number of benzene rings is 2. The molecule has 1 fully saturated rings. The molecule has 30 heavy (non-hydrogen) atoms. The third-order valence-corrected chi connectivity index (χ3v) is 5.46. The molecule has 2 amide bonds. The number of allylic oxidation sites excluding steroid dienone is 1. The molecule has 6 nitrogen and oxygen atoms in total. The Balaban J connectivity index is 1.57. The van der Waals surface area contributed by atoms with E-state index in [9.17, 15) is 18.4 Å². The van der Waals surface area contributed by atoms with Gasteiger partial charge in [0, 0.05) is 47.2 Å². The minimum atomic E-state index is -0.634. The van der Waals surface area contributed by atoms with E-state index in [0.717, 1.165) is 0 Å². The molecule has 2 N–H and O–H groups in total. The van der Waals surface area contributed by atoms with E-state index < -0.39 is 23.6 Å². The van der Waals surface area contributed by atoms with Crippen molar-refractivity contribution in [2.45, 2.75) is 32.0 Å². The molecule has 0 aliphatic carbocycles. The van der Waals surface area contributed by atoms with E-state index in [2.05, 4.69) is 17.2 Å². The zero-order valence-corrected chi connectivity index (χ0v) is 16.4. The summed E-state index contributed by atoms with van der Waals surface area (Å²) in [4.78, 5) is 26.7. The third kappa shape index (κ3) is 3.60. The number of hydrogen-bond donors (Lipinski definition) is 2. The number of nitrogens with one attached hydrogen (secondary N) is 2. The largest absolute Gasteiger partial charge is 0.497 e. The van der Waals surface area contributed by atoms with Gasteiger partial charge in [-0.2, -0.15) is 0 Å². The quantitative estimate of drug-likeness (QED) is 0.789. The standard InChI is InChI=1S/C22H21F2N3O3/c1-12-3-6-20(21(28)26-12)27-11-17-16(22(27)29)7-14(23)8-19(17)25-10-13-4-5-15(30-2)9-18(13)24/h4-5,7-9,20,25H,1,3,6,10-11H2,2H3,(H,26,28). The Hall–Kier alpha value is -3.42. The minimum Gasteiger partial charge on any atom is -0.497 e. The number of carbonyl (C=O) groups is 2. The number of amides is 2. The molecule has 2 aromatic rings. The van der Waals surface area contributed by atoms with E-state index in [1.54, 1.807) is 12.1 Å². The monoisotopic (exact) mass is 413 g/mol. The van der Waals surface area contributed by atoms with E-state index in [1.807, 2.05) is 0 Å². The van der Waals surface area contributed by atoms with E-state index in [4.69, 9.17) is 4.74 Å². The van der Waals surface area contributed by atoms with Crippen LogP contribution in [0.2, 0.25) is 0 Å². The van der Waals surface area contributed by atoms with Gasteiger partial charge in [0.2, 0.25) is 5.91 Å². The molecule has 2 aliphatic heterocycles. The van der Waals surface area contributed by atoms with Crippen LogP contribution in [-0.4, -0.2) is 29.9 Å². The molecule has 0 radical (unpaired) electrons. The summed E-state index contributed by atoms with van der Waals surface area (Å²) in [5.74, 6) is -1.31. The summed E-state index contributed by atoms with van der Waals surface area (Å²) in [7, 11) is 1.45. The summed E-state index contributed by atoms with van der Waals surface area (Å²) in [5, 5.41) is 5.70. The molecule has 1 saturated heterocycles. The van der Waals surface area contributed by atoms with E-state index in [-0.39, 0.29) is 24.6 Å². The van der Waals surface area contributed by atoms with E-state index in [0.29, 0.717) is 41.1 Å². The zero-order valence-electron chi connectivity index (χ0n) is 16.4. The topological polar surface area (TPSA) is 70.7 Å². The van der Waals surface area contributed by atoms with Gasteiger partial charge >= 0.3 is 0 Å². The first-order valence-electron chi connectivity index (χ1n) is 9.55. The molecular weight excluding hydrogens is 392 g/mol. The molecule has 0 saturated carbocycles. The molecule has 1 atom stereocenters. The first-order chi connectivity index (χ1) is 14.4. The molecule has 0 spiro atoms. The maximum atomic E-state index is 14.2. The highest BCUT2D eigenvalue weighted by atomic mass is 19.1. The number of anilines is 1. The third-order valence-electron chi connectivity index (χ3n) is 5.46. The lowest BCUT2D eigenvalue weighted by Gasteiger charge is -2.31. The smallest absolute Gasteiger partial charge is 0.255 e. The van der Waals surface area contributed by atoms with Crippen LogP contribution in [0.1, 0.15) is 34.3 Å². The van der Waals surface area contributed by atoms with Gasteiger partial charge in [-0.1, -0.05) is 12.6 Å². The first kappa shape index (κ1) is 19.9. The van der Waals surface area contributed by atoms with Crippen molar-refractivity contribution in [1.29, 1.82) is 0 Å². The van der Waals surface area contributed by atoms with Crippen LogP contribution < -0.4 is 15.4 Å². The van der Waals surface area contributed by atoms with Gasteiger partial charge in [-0.05, 0) is 31.0 Å². The van der Waals surface area contributed by atoms with Gasteiger partial charge in [0.1, 0.15) is 23.4 Å². The second-order valence-corrected chi connectivity index (χ2v) is 7.37. The van der Waals surface area contributed by atoms with E-state index >= 15 is 0 Å². The number of methoxy groups -OCH3 is 1. The molecule has 0 bridgehead atoms. The maximum Gasteiger partial charge on any atom is 0.255 e. The molecule has 8 heteroatoms. The molecule has 4 rings (SSSR count). The molecule has 2 aliphatic rings. The molecular formula is C22H21F2N3O3. The Kier molecular flexibility index (Phi) is 5.15. The van der Waals surface area contributed by atoms with Crippen LogP contribution in [0.4, 0.5) is 14.5 Å². The molecule has 2 aromatic carbocycles. The second-order valence-electron chi connectivity index (χ2n) is 7.37. The van der Waals surface area contributed by atoms with Gasteiger partial charge in [0.15, 0.2) is 0 Å². The summed E-state index contributed by atoms with van der Waals surface area (Å²) in [6, 6.07) is 6.31. The molecule has 2 heterocycles. The fourth-order valence-corrected chi connectivity index (χ4v) is 3.85. The van der Waals surface area contributed by atoms with E-state index in [1.165, 1.54) is 30.2 Å².